The van der Waals surface area contributed by atoms with Crippen LogP contribution in [0.5, 0.6) is 0 Å². The number of halogens is 3. The van der Waals surface area contributed by atoms with Crippen molar-refractivity contribution in [3.63, 3.8) is 0 Å². The second kappa shape index (κ2) is 8.01. The quantitative estimate of drug-likeness (QED) is 0.518. The molecule has 10 heteroatoms. The molecule has 0 aromatic rings. The summed E-state index contributed by atoms with van der Waals surface area (Å²) in [5.41, 5.74) is 2.30. The Bertz CT molecular complexity index is 533. The summed E-state index contributed by atoms with van der Waals surface area (Å²) in [5.74, 6) is -3.31. The lowest BCUT2D eigenvalue weighted by molar-refractivity contribution is -0.283. The van der Waals surface area contributed by atoms with Crippen LogP contribution in [0.15, 0.2) is 0 Å². The molecular weight excluding hydrogens is 349 g/mol. The molecule has 1 aliphatic carbocycles. The van der Waals surface area contributed by atoms with E-state index in [9.17, 15) is 27.3 Å². The van der Waals surface area contributed by atoms with E-state index in [2.05, 4.69) is 0 Å². The zero-order valence-corrected chi connectivity index (χ0v) is 14.2. The van der Waals surface area contributed by atoms with Crippen LogP contribution in [0, 0.1) is 10.7 Å². The normalized spacial score (nSPS) is 23.2. The van der Waals surface area contributed by atoms with E-state index >= 15 is 0 Å². The van der Waals surface area contributed by atoms with Crippen LogP contribution >= 0.6 is 0 Å². The maximum atomic E-state index is 13.4. The van der Waals surface area contributed by atoms with Gasteiger partial charge in [0.05, 0.1) is 0 Å². The number of alkyl halides is 3. The molecule has 0 spiro atoms. The van der Waals surface area contributed by atoms with Crippen LogP contribution in [0.4, 0.5) is 13.2 Å². The predicted molar refractivity (Wildman–Crippen MR) is 83.0 cm³/mol. The highest BCUT2D eigenvalue weighted by Gasteiger charge is 2.57. The largest absolute Gasteiger partial charge is 0.480 e. The lowest BCUT2D eigenvalue weighted by Gasteiger charge is -2.40. The van der Waals surface area contributed by atoms with Crippen molar-refractivity contribution in [1.29, 1.82) is 4.78 Å². The third kappa shape index (κ3) is 5.59. The first kappa shape index (κ1) is 21.2. The van der Waals surface area contributed by atoms with Gasteiger partial charge in [-0.3, -0.25) is 9.57 Å². The number of nitrogens with one attached hydrogen (secondary N) is 1. The molecule has 6 nitrogen and oxygen atoms in total. The van der Waals surface area contributed by atoms with Crippen LogP contribution < -0.4 is 5.73 Å². The second-order valence-corrected chi connectivity index (χ2v) is 8.90. The molecule has 1 rings (SSSR count). The monoisotopic (exact) mass is 374 g/mol. The molecule has 5 N–H and O–H groups in total. The average Bonchev–Trinajstić information content (AvgIpc) is 2.50. The maximum Gasteiger partial charge on any atom is 0.417 e. The second-order valence-electron chi connectivity index (χ2n) is 6.46. The van der Waals surface area contributed by atoms with Gasteiger partial charge in [-0.25, -0.2) is 4.21 Å². The molecule has 0 saturated heterocycles. The minimum absolute atomic E-state index is 0.249. The lowest BCUT2D eigenvalue weighted by Crippen LogP contribution is -2.53. The Morgan fingerprint density at radius 2 is 1.79 bits per heavy atom. The molecule has 24 heavy (non-hydrogen) atoms. The van der Waals surface area contributed by atoms with Gasteiger partial charge in [0.25, 0.3) is 0 Å². The Labute approximate surface area is 139 Å². The first-order valence-electron chi connectivity index (χ1n) is 7.91. The summed E-state index contributed by atoms with van der Waals surface area (Å²) >= 11 is 0. The van der Waals surface area contributed by atoms with E-state index < -0.39 is 57.4 Å². The zero-order valence-electron chi connectivity index (χ0n) is 13.3. The topological polar surface area (TPSA) is 124 Å². The van der Waals surface area contributed by atoms with Gasteiger partial charge in [0.2, 0.25) is 0 Å². The summed E-state index contributed by atoms with van der Waals surface area (Å²) in [6.45, 7) is 0. The predicted octanol–water partition coefficient (Wildman–Crippen LogP) is 2.10. The molecule has 0 amide bonds. The van der Waals surface area contributed by atoms with Crippen molar-refractivity contribution in [3.05, 3.63) is 0 Å². The van der Waals surface area contributed by atoms with Crippen LogP contribution in [-0.4, -0.2) is 49.7 Å². The van der Waals surface area contributed by atoms with Gasteiger partial charge < -0.3 is 15.9 Å². The molecule has 3 atom stereocenters. The van der Waals surface area contributed by atoms with E-state index in [1.165, 1.54) is 0 Å². The number of hydrogen-bond donors (Lipinski definition) is 4. The molecule has 0 radical (unpaired) electrons. The molecule has 0 heterocycles. The Morgan fingerprint density at radius 3 is 2.25 bits per heavy atom. The van der Waals surface area contributed by atoms with Crippen molar-refractivity contribution in [2.75, 3.05) is 11.5 Å². The third-order valence-electron chi connectivity index (χ3n) is 4.66. The summed E-state index contributed by atoms with van der Waals surface area (Å²) in [5, 5.41) is 18.9. The van der Waals surface area contributed by atoms with E-state index in [0.29, 0.717) is 12.8 Å². The molecule has 2 unspecified atom stereocenters. The van der Waals surface area contributed by atoms with Crippen molar-refractivity contribution in [3.8, 4) is 0 Å². The van der Waals surface area contributed by atoms with Gasteiger partial charge in [-0.05, 0) is 31.6 Å². The average molecular weight is 374 g/mol. The van der Waals surface area contributed by atoms with E-state index in [1.807, 2.05) is 0 Å². The van der Waals surface area contributed by atoms with Gasteiger partial charge >= 0.3 is 12.1 Å². The molecule has 1 saturated carbocycles. The van der Waals surface area contributed by atoms with Crippen LogP contribution in [0.2, 0.25) is 0 Å². The molecule has 0 aromatic carbocycles. The molecule has 1 fully saturated rings. The van der Waals surface area contributed by atoms with Crippen molar-refractivity contribution >= 4 is 15.7 Å². The summed E-state index contributed by atoms with van der Waals surface area (Å²) in [6.07, 6.45) is -3.40. The van der Waals surface area contributed by atoms with E-state index in [4.69, 9.17) is 15.6 Å². The summed E-state index contributed by atoms with van der Waals surface area (Å²) in [4.78, 5) is 10.6. The molecule has 1 aliphatic rings. The van der Waals surface area contributed by atoms with Gasteiger partial charge in [0.15, 0.2) is 5.60 Å². The fourth-order valence-corrected chi connectivity index (χ4v) is 4.50. The van der Waals surface area contributed by atoms with Crippen LogP contribution in [0.3, 0.4) is 0 Å². The van der Waals surface area contributed by atoms with Crippen molar-refractivity contribution in [2.24, 2.45) is 11.7 Å². The minimum atomic E-state index is -4.86. The summed E-state index contributed by atoms with van der Waals surface area (Å²) in [7, 11) is -3.45. The van der Waals surface area contributed by atoms with Gasteiger partial charge in [0, 0.05) is 21.2 Å². The Hall–Kier alpha value is -0.870. The summed E-state index contributed by atoms with van der Waals surface area (Å²) in [6, 6.07) is -1.31. The number of rotatable bonds is 8. The van der Waals surface area contributed by atoms with Crippen LogP contribution in [-0.2, 0) is 14.5 Å². The number of nitrogens with two attached hydrogens (primary N) is 1. The highest BCUT2D eigenvalue weighted by molar-refractivity contribution is 7.92. The van der Waals surface area contributed by atoms with Crippen molar-refractivity contribution in [2.45, 2.75) is 62.8 Å². The van der Waals surface area contributed by atoms with E-state index in [-0.39, 0.29) is 19.3 Å². The van der Waals surface area contributed by atoms with Crippen molar-refractivity contribution in [1.82, 2.24) is 0 Å². The number of hydrogen-bond acceptors (Lipinski definition) is 5. The Balaban J connectivity index is 2.75. The molecule has 0 aliphatic heterocycles. The molecule has 142 valence electrons. The SMILES string of the molecule is N=S(=O)(CC[C@H](N)C(=O)O)CCC(O)(C1CCCCC1)C(F)(F)F. The van der Waals surface area contributed by atoms with Crippen LogP contribution in [0.25, 0.3) is 0 Å². The van der Waals surface area contributed by atoms with Gasteiger partial charge in [-0.15, -0.1) is 0 Å². The Kier molecular flexibility index (Phi) is 7.06. The smallest absolute Gasteiger partial charge is 0.417 e. The van der Waals surface area contributed by atoms with Crippen LogP contribution in [0.1, 0.15) is 44.9 Å². The number of carbonyl (C=O) groups is 1. The number of carboxylic acid groups (broad SMARTS) is 1. The molecular formula is C14H25F3N2O4S. The number of aliphatic hydroxyl groups is 1. The third-order valence-corrected chi connectivity index (χ3v) is 6.42. The number of aliphatic carboxylic acids is 1. The van der Waals surface area contributed by atoms with Gasteiger partial charge in [-0.2, -0.15) is 13.2 Å². The van der Waals surface area contributed by atoms with Gasteiger partial charge in [-0.1, -0.05) is 19.3 Å². The van der Waals surface area contributed by atoms with E-state index in [0.717, 1.165) is 6.42 Å². The van der Waals surface area contributed by atoms with Gasteiger partial charge in [0.1, 0.15) is 6.04 Å². The highest BCUT2D eigenvalue weighted by atomic mass is 32.2. The highest BCUT2D eigenvalue weighted by Crippen LogP contribution is 2.45. The van der Waals surface area contributed by atoms with Crippen molar-refractivity contribution < 1.29 is 32.4 Å². The minimum Gasteiger partial charge on any atom is -0.480 e. The Morgan fingerprint density at radius 1 is 1.25 bits per heavy atom. The lowest BCUT2D eigenvalue weighted by atomic mass is 9.75. The molecule has 0 bridgehead atoms. The fraction of sp³-hybridized carbons (Fsp3) is 0.929. The fourth-order valence-electron chi connectivity index (χ4n) is 3.02. The van der Waals surface area contributed by atoms with E-state index in [1.54, 1.807) is 0 Å². The summed E-state index contributed by atoms with van der Waals surface area (Å²) < 4.78 is 59.9. The maximum absolute atomic E-state index is 13.4. The first-order valence-corrected chi connectivity index (χ1v) is 9.80. The first-order chi connectivity index (χ1) is 10.9. The standard InChI is InChI=1S/C14H25F3N2O4S/c15-14(16,17)13(22,10-4-2-1-3-5-10)7-9-24(19,23)8-6-11(18)12(20)21/h10-11,19,22H,1-9,18H2,(H,20,21)/t11-,13?,24?/m0/s1. The number of carboxylic acids is 1. The zero-order chi connectivity index (χ0) is 18.6. The molecule has 0 aromatic heterocycles.